The molecule has 0 aliphatic carbocycles. The number of rotatable bonds is 5. The average molecular weight is 261 g/mol. The number of piperidine rings is 1. The summed E-state index contributed by atoms with van der Waals surface area (Å²) < 4.78 is 0. The molecule has 0 aromatic carbocycles. The lowest BCUT2D eigenvalue weighted by Gasteiger charge is -2.31. The highest BCUT2D eigenvalue weighted by atomic mass is 15.2. The first-order valence-electron chi connectivity index (χ1n) is 7.55. The van der Waals surface area contributed by atoms with Crippen LogP contribution in [-0.2, 0) is 6.54 Å². The van der Waals surface area contributed by atoms with Gasteiger partial charge >= 0.3 is 0 Å². The number of nitrogens with zero attached hydrogens (tertiary/aromatic N) is 2. The van der Waals surface area contributed by atoms with Crippen LogP contribution in [0.4, 0.5) is 5.82 Å². The van der Waals surface area contributed by atoms with E-state index in [1.54, 1.807) is 0 Å². The maximum absolute atomic E-state index is 4.53. The fourth-order valence-electron chi connectivity index (χ4n) is 2.49. The second kappa shape index (κ2) is 6.90. The molecule has 1 N–H and O–H groups in total. The molecule has 1 aliphatic heterocycles. The first-order chi connectivity index (χ1) is 9.15. The van der Waals surface area contributed by atoms with Gasteiger partial charge in [0.25, 0.3) is 0 Å². The molecule has 0 bridgehead atoms. The number of hydrogen-bond donors (Lipinski definition) is 1. The van der Waals surface area contributed by atoms with E-state index in [0.29, 0.717) is 5.92 Å². The molecule has 19 heavy (non-hydrogen) atoms. The van der Waals surface area contributed by atoms with E-state index in [0.717, 1.165) is 37.9 Å². The van der Waals surface area contributed by atoms with Crippen molar-refractivity contribution in [2.75, 3.05) is 24.5 Å². The molecule has 3 heteroatoms. The molecule has 1 aromatic rings. The van der Waals surface area contributed by atoms with Gasteiger partial charge in [-0.05, 0) is 48.9 Å². The fourth-order valence-corrected chi connectivity index (χ4v) is 2.49. The molecule has 0 radical (unpaired) electrons. The second-order valence-electron chi connectivity index (χ2n) is 6.22. The molecular formula is C16H27N3. The first-order valence-corrected chi connectivity index (χ1v) is 7.55. The van der Waals surface area contributed by atoms with Crippen molar-refractivity contribution in [3.8, 4) is 0 Å². The standard InChI is InChI=1S/C16H27N3/c1-13(2)11-17-12-15-4-7-18-16(10-15)19-8-5-14(3)6-9-19/h4,7,10,13-14,17H,5-6,8-9,11-12H2,1-3H3. The summed E-state index contributed by atoms with van der Waals surface area (Å²) in [6.45, 7) is 11.1. The van der Waals surface area contributed by atoms with E-state index in [4.69, 9.17) is 0 Å². The third kappa shape index (κ3) is 4.50. The zero-order valence-electron chi connectivity index (χ0n) is 12.5. The molecule has 0 atom stereocenters. The van der Waals surface area contributed by atoms with E-state index in [9.17, 15) is 0 Å². The molecule has 0 saturated carbocycles. The van der Waals surface area contributed by atoms with Crippen molar-refractivity contribution in [3.63, 3.8) is 0 Å². The highest BCUT2D eigenvalue weighted by Gasteiger charge is 2.16. The zero-order valence-corrected chi connectivity index (χ0v) is 12.5. The molecular weight excluding hydrogens is 234 g/mol. The van der Waals surface area contributed by atoms with Gasteiger partial charge in [-0.2, -0.15) is 0 Å². The first kappa shape index (κ1) is 14.3. The van der Waals surface area contributed by atoms with Crippen molar-refractivity contribution in [3.05, 3.63) is 23.9 Å². The minimum absolute atomic E-state index is 0.699. The Labute approximate surface area is 117 Å². The number of hydrogen-bond acceptors (Lipinski definition) is 3. The van der Waals surface area contributed by atoms with Crippen molar-refractivity contribution in [1.29, 1.82) is 0 Å². The highest BCUT2D eigenvalue weighted by molar-refractivity contribution is 5.41. The normalized spacial score (nSPS) is 17.2. The maximum atomic E-state index is 4.53. The predicted octanol–water partition coefficient (Wildman–Crippen LogP) is 3.06. The third-order valence-electron chi connectivity index (χ3n) is 3.80. The van der Waals surface area contributed by atoms with E-state index in [2.05, 4.69) is 48.1 Å². The molecule has 1 saturated heterocycles. The quantitative estimate of drug-likeness (QED) is 0.883. The number of nitrogens with one attached hydrogen (secondary N) is 1. The minimum Gasteiger partial charge on any atom is -0.357 e. The van der Waals surface area contributed by atoms with Crippen molar-refractivity contribution in [1.82, 2.24) is 10.3 Å². The molecule has 0 unspecified atom stereocenters. The summed E-state index contributed by atoms with van der Waals surface area (Å²) in [4.78, 5) is 6.95. The Morgan fingerprint density at radius 2 is 2.11 bits per heavy atom. The van der Waals surface area contributed by atoms with Crippen LogP contribution in [0.5, 0.6) is 0 Å². The maximum Gasteiger partial charge on any atom is 0.128 e. The Morgan fingerprint density at radius 1 is 1.37 bits per heavy atom. The van der Waals surface area contributed by atoms with Gasteiger partial charge in [-0.15, -0.1) is 0 Å². The lowest BCUT2D eigenvalue weighted by atomic mass is 9.99. The molecule has 0 amide bonds. The van der Waals surface area contributed by atoms with E-state index in [1.165, 1.54) is 18.4 Å². The summed E-state index contributed by atoms with van der Waals surface area (Å²) >= 11 is 0. The molecule has 0 spiro atoms. The number of aromatic nitrogens is 1. The summed E-state index contributed by atoms with van der Waals surface area (Å²) in [7, 11) is 0. The van der Waals surface area contributed by atoms with Crippen LogP contribution < -0.4 is 10.2 Å². The van der Waals surface area contributed by atoms with Gasteiger partial charge in [0.2, 0.25) is 0 Å². The van der Waals surface area contributed by atoms with Gasteiger partial charge in [-0.3, -0.25) is 0 Å². The van der Waals surface area contributed by atoms with Crippen LogP contribution >= 0.6 is 0 Å². The van der Waals surface area contributed by atoms with Crippen LogP contribution in [0.25, 0.3) is 0 Å². The second-order valence-corrected chi connectivity index (χ2v) is 6.22. The Kier molecular flexibility index (Phi) is 5.20. The van der Waals surface area contributed by atoms with E-state index >= 15 is 0 Å². The predicted molar refractivity (Wildman–Crippen MR) is 81.4 cm³/mol. The summed E-state index contributed by atoms with van der Waals surface area (Å²) in [5.41, 5.74) is 1.34. The average Bonchev–Trinajstić information content (AvgIpc) is 2.39. The van der Waals surface area contributed by atoms with Crippen LogP contribution in [0.15, 0.2) is 18.3 Å². The monoisotopic (exact) mass is 261 g/mol. The molecule has 1 fully saturated rings. The van der Waals surface area contributed by atoms with Gasteiger partial charge in [0.05, 0.1) is 0 Å². The molecule has 2 heterocycles. The van der Waals surface area contributed by atoms with Gasteiger partial charge in [-0.25, -0.2) is 4.98 Å². The lowest BCUT2D eigenvalue weighted by Crippen LogP contribution is -2.33. The topological polar surface area (TPSA) is 28.2 Å². The van der Waals surface area contributed by atoms with Crippen LogP contribution in [0.1, 0.15) is 39.2 Å². The smallest absolute Gasteiger partial charge is 0.128 e. The third-order valence-corrected chi connectivity index (χ3v) is 3.80. The van der Waals surface area contributed by atoms with E-state index in [1.807, 2.05) is 6.20 Å². The highest BCUT2D eigenvalue weighted by Crippen LogP contribution is 2.21. The molecule has 106 valence electrons. The van der Waals surface area contributed by atoms with Crippen molar-refractivity contribution >= 4 is 5.82 Å². The SMILES string of the molecule is CC(C)CNCc1ccnc(N2CCC(C)CC2)c1. The molecule has 1 aliphatic rings. The lowest BCUT2D eigenvalue weighted by molar-refractivity contribution is 0.436. The molecule has 1 aromatic heterocycles. The zero-order chi connectivity index (χ0) is 13.7. The largest absolute Gasteiger partial charge is 0.357 e. The summed E-state index contributed by atoms with van der Waals surface area (Å²) in [6.07, 6.45) is 4.52. The van der Waals surface area contributed by atoms with Gasteiger partial charge < -0.3 is 10.2 Å². The van der Waals surface area contributed by atoms with Gasteiger partial charge in [0, 0.05) is 25.8 Å². The van der Waals surface area contributed by atoms with Crippen molar-refractivity contribution < 1.29 is 0 Å². The van der Waals surface area contributed by atoms with Gasteiger partial charge in [0.15, 0.2) is 0 Å². The van der Waals surface area contributed by atoms with E-state index < -0.39 is 0 Å². The summed E-state index contributed by atoms with van der Waals surface area (Å²) in [6, 6.07) is 4.35. The Hall–Kier alpha value is -1.09. The fraction of sp³-hybridized carbons (Fsp3) is 0.688. The Bertz CT molecular complexity index is 381. The van der Waals surface area contributed by atoms with E-state index in [-0.39, 0.29) is 0 Å². The van der Waals surface area contributed by atoms with Gasteiger partial charge in [-0.1, -0.05) is 20.8 Å². The van der Waals surface area contributed by atoms with Crippen molar-refractivity contribution in [2.24, 2.45) is 11.8 Å². The van der Waals surface area contributed by atoms with Crippen LogP contribution in [0.2, 0.25) is 0 Å². The number of pyridine rings is 1. The summed E-state index contributed by atoms with van der Waals surface area (Å²) in [5, 5.41) is 3.49. The van der Waals surface area contributed by atoms with Gasteiger partial charge in [0.1, 0.15) is 5.82 Å². The van der Waals surface area contributed by atoms with Crippen molar-refractivity contribution in [2.45, 2.75) is 40.2 Å². The number of anilines is 1. The molecule has 2 rings (SSSR count). The minimum atomic E-state index is 0.699. The molecule has 3 nitrogen and oxygen atoms in total. The Balaban J connectivity index is 1.91. The van der Waals surface area contributed by atoms with Crippen LogP contribution in [-0.4, -0.2) is 24.6 Å². The van der Waals surface area contributed by atoms with Crippen LogP contribution in [0.3, 0.4) is 0 Å². The summed E-state index contributed by atoms with van der Waals surface area (Å²) in [5.74, 6) is 2.72. The van der Waals surface area contributed by atoms with Crippen LogP contribution in [0, 0.1) is 11.8 Å². The Morgan fingerprint density at radius 3 is 2.79 bits per heavy atom.